The van der Waals surface area contributed by atoms with Crippen molar-refractivity contribution >= 4 is 84.9 Å². The van der Waals surface area contributed by atoms with Crippen LogP contribution in [0.4, 0.5) is 17.6 Å². The van der Waals surface area contributed by atoms with Crippen LogP contribution in [-0.2, 0) is 25.7 Å². The van der Waals surface area contributed by atoms with Crippen LogP contribution in [0.3, 0.4) is 0 Å². The van der Waals surface area contributed by atoms with Crippen molar-refractivity contribution in [2.45, 2.75) is 75.5 Å². The molecule has 4 unspecified atom stereocenters. The third-order valence-electron chi connectivity index (χ3n) is 16.2. The van der Waals surface area contributed by atoms with E-state index in [1.165, 1.54) is 46.5 Å². The van der Waals surface area contributed by atoms with Gasteiger partial charge in [-0.1, -0.05) is 146 Å². The normalized spacial score (nSPS) is 16.3. The fourth-order valence-electron chi connectivity index (χ4n) is 11.7. The molecule has 4 heterocycles. The van der Waals surface area contributed by atoms with Crippen LogP contribution in [0.1, 0.15) is 92.4 Å². The van der Waals surface area contributed by atoms with Gasteiger partial charge in [0.15, 0.2) is 0 Å². The Kier molecular flexibility index (Phi) is 32.8. The Bertz CT molecular complexity index is 3280. The average Bonchev–Trinajstić information content (AvgIpc) is 0.950. The third kappa shape index (κ3) is 22.8. The summed E-state index contributed by atoms with van der Waals surface area (Å²) in [5.74, 6) is -0.859. The van der Waals surface area contributed by atoms with Gasteiger partial charge in [0.25, 0.3) is 0 Å². The lowest BCUT2D eigenvalue weighted by Crippen LogP contribution is -2.25. The van der Waals surface area contributed by atoms with Crippen molar-refractivity contribution in [1.29, 1.82) is 0 Å². The standard InChI is InChI=1S/4C19H21FN2.5ClH/c4*1-22(2)11-10-17-13-14-6-3-4-9-18(14)19(21-17)15-7-5-8-16(20)12-15;;;;;/h4*3-9,12,17H,10-11,13H2,1-2H3;5*1H. The van der Waals surface area contributed by atoms with E-state index in [9.17, 15) is 17.6 Å². The monoisotopic (exact) mass is 1360 g/mol. The van der Waals surface area contributed by atoms with Gasteiger partial charge in [0.2, 0.25) is 0 Å². The predicted molar refractivity (Wildman–Crippen MR) is 393 cm³/mol. The van der Waals surface area contributed by atoms with E-state index < -0.39 is 0 Å². The Balaban J connectivity index is 0.000000260. The summed E-state index contributed by atoms with van der Waals surface area (Å²) in [5, 5.41) is 0. The van der Waals surface area contributed by atoms with E-state index in [0.29, 0.717) is 0 Å². The zero-order chi connectivity index (χ0) is 62.1. The average molecular weight is 1370 g/mol. The van der Waals surface area contributed by atoms with E-state index in [1.54, 1.807) is 48.5 Å². The Morgan fingerprint density at radius 2 is 0.473 bits per heavy atom. The summed E-state index contributed by atoms with van der Waals surface area (Å²) in [7, 11) is 16.6. The van der Waals surface area contributed by atoms with E-state index >= 15 is 0 Å². The minimum Gasteiger partial charge on any atom is -0.309 e. The van der Waals surface area contributed by atoms with Crippen LogP contribution in [0.25, 0.3) is 0 Å². The molecule has 0 aromatic heterocycles. The number of benzene rings is 8. The summed E-state index contributed by atoms with van der Waals surface area (Å²) in [6.07, 6.45) is 7.90. The molecule has 8 nitrogen and oxygen atoms in total. The number of rotatable bonds is 16. The van der Waals surface area contributed by atoms with Crippen LogP contribution in [0.5, 0.6) is 0 Å². The number of hydrogen-bond donors (Lipinski definition) is 0. The fraction of sp³-hybridized carbons (Fsp3) is 0.316. The van der Waals surface area contributed by atoms with E-state index in [-0.39, 0.29) is 109 Å². The maximum atomic E-state index is 13.6. The molecule has 93 heavy (non-hydrogen) atoms. The largest absolute Gasteiger partial charge is 0.309 e. The fourth-order valence-corrected chi connectivity index (χ4v) is 11.7. The highest BCUT2D eigenvalue weighted by Crippen LogP contribution is 2.30. The third-order valence-corrected chi connectivity index (χ3v) is 16.2. The van der Waals surface area contributed by atoms with Gasteiger partial charge in [-0.2, -0.15) is 0 Å². The van der Waals surface area contributed by atoms with Gasteiger partial charge in [0, 0.05) is 44.5 Å². The molecule has 8 aromatic rings. The zero-order valence-electron chi connectivity index (χ0n) is 54.4. The van der Waals surface area contributed by atoms with Gasteiger partial charge in [-0.15, -0.1) is 62.0 Å². The number of aliphatic imine (C=N–C) groups is 4. The summed E-state index contributed by atoms with van der Waals surface area (Å²) >= 11 is 0. The van der Waals surface area contributed by atoms with Crippen molar-refractivity contribution in [3.8, 4) is 0 Å². The molecule has 4 aliphatic rings. The van der Waals surface area contributed by atoms with Gasteiger partial charge in [-0.25, -0.2) is 17.6 Å². The first-order valence-electron chi connectivity index (χ1n) is 30.8. The van der Waals surface area contributed by atoms with E-state index in [1.807, 2.05) is 48.5 Å². The lowest BCUT2D eigenvalue weighted by molar-refractivity contribution is 0.379. The molecule has 0 saturated carbocycles. The van der Waals surface area contributed by atoms with Gasteiger partial charge >= 0.3 is 0 Å². The van der Waals surface area contributed by atoms with Crippen molar-refractivity contribution < 1.29 is 17.6 Å². The first kappa shape index (κ1) is 78.9. The molecule has 0 amide bonds. The maximum absolute atomic E-state index is 13.6. The predicted octanol–water partition coefficient (Wildman–Crippen LogP) is 16.3. The van der Waals surface area contributed by atoms with Crippen molar-refractivity contribution in [1.82, 2.24) is 19.6 Å². The highest BCUT2D eigenvalue weighted by atomic mass is 35.5. The molecule has 4 atom stereocenters. The quantitative estimate of drug-likeness (QED) is 0.0905. The van der Waals surface area contributed by atoms with Crippen molar-refractivity contribution in [3.63, 3.8) is 0 Å². The van der Waals surface area contributed by atoms with Crippen molar-refractivity contribution in [3.05, 3.63) is 284 Å². The first-order valence-corrected chi connectivity index (χ1v) is 30.8. The topological polar surface area (TPSA) is 62.4 Å². The molecule has 0 spiro atoms. The van der Waals surface area contributed by atoms with E-state index in [4.69, 9.17) is 20.0 Å². The maximum Gasteiger partial charge on any atom is 0.123 e. The smallest absolute Gasteiger partial charge is 0.123 e. The van der Waals surface area contributed by atoms with Crippen LogP contribution in [0, 0.1) is 23.3 Å². The van der Waals surface area contributed by atoms with Crippen LogP contribution in [0.15, 0.2) is 214 Å². The molecule has 8 aromatic carbocycles. The molecule has 12 rings (SSSR count). The molecule has 0 saturated heterocycles. The molecular formula is C76H89Cl5F4N8. The van der Waals surface area contributed by atoms with E-state index in [0.717, 1.165) is 145 Å². The molecule has 0 radical (unpaired) electrons. The van der Waals surface area contributed by atoms with Gasteiger partial charge in [0.05, 0.1) is 47.0 Å². The molecule has 0 bridgehead atoms. The molecular weight excluding hydrogens is 1280 g/mol. The van der Waals surface area contributed by atoms with Crippen LogP contribution in [-0.4, -0.2) is 149 Å². The molecule has 4 aliphatic heterocycles. The lowest BCUT2D eigenvalue weighted by Gasteiger charge is -2.24. The minimum atomic E-state index is -0.215. The SMILES string of the molecule is CN(C)CCC1Cc2ccccc2C(c2cccc(F)c2)=N1.CN(C)CCC1Cc2ccccc2C(c2cccc(F)c2)=N1.CN(C)CCC1Cc2ccccc2C(c2cccc(F)c2)=N1.CN(C)CCC1Cc2ccccc2C(c2cccc(F)c2)=N1.Cl.Cl.Cl.Cl.Cl. The molecule has 0 N–H and O–H groups in total. The second-order valence-corrected chi connectivity index (χ2v) is 24.4. The second kappa shape index (κ2) is 38.7. The Morgan fingerprint density at radius 3 is 0.656 bits per heavy atom. The number of halogens is 9. The van der Waals surface area contributed by atoms with Gasteiger partial charge in [-0.05, 0) is 205 Å². The summed E-state index contributed by atoms with van der Waals surface area (Å²) in [6, 6.07) is 61.3. The number of fused-ring (bicyclic) bond motifs is 4. The molecule has 496 valence electrons. The second-order valence-electron chi connectivity index (χ2n) is 24.4. The highest BCUT2D eigenvalue weighted by molar-refractivity contribution is 6.16. The lowest BCUT2D eigenvalue weighted by atomic mass is 9.89. The van der Waals surface area contributed by atoms with Crippen molar-refractivity contribution in [2.24, 2.45) is 20.0 Å². The van der Waals surface area contributed by atoms with E-state index in [2.05, 4.69) is 149 Å². The van der Waals surface area contributed by atoms with Crippen molar-refractivity contribution in [2.75, 3.05) is 82.6 Å². The minimum absolute atomic E-state index is 0. The molecule has 0 aliphatic carbocycles. The van der Waals surface area contributed by atoms with Gasteiger partial charge < -0.3 is 19.6 Å². The summed E-state index contributed by atoms with van der Waals surface area (Å²) in [6.45, 7) is 4.03. The Morgan fingerprint density at radius 1 is 0.280 bits per heavy atom. The number of nitrogens with zero attached hydrogens (tertiary/aromatic N) is 8. The molecule has 17 heteroatoms. The summed E-state index contributed by atoms with van der Waals surface area (Å²) in [5.41, 5.74) is 16.9. The van der Waals surface area contributed by atoms with Crippen LogP contribution in [0.2, 0.25) is 0 Å². The Hall–Kier alpha value is -6.55. The van der Waals surface area contributed by atoms with Crippen LogP contribution >= 0.6 is 62.0 Å². The highest BCUT2D eigenvalue weighted by Gasteiger charge is 2.26. The van der Waals surface area contributed by atoms with Gasteiger partial charge in [-0.3, -0.25) is 20.0 Å². The van der Waals surface area contributed by atoms with Crippen LogP contribution < -0.4 is 0 Å². The van der Waals surface area contributed by atoms with Gasteiger partial charge in [0.1, 0.15) is 23.3 Å². The summed E-state index contributed by atoms with van der Waals surface area (Å²) < 4.78 is 54.4. The number of hydrogen-bond acceptors (Lipinski definition) is 8. The zero-order valence-corrected chi connectivity index (χ0v) is 58.5. The first-order chi connectivity index (χ1) is 42.5. The molecule has 0 fully saturated rings. The Labute approximate surface area is 580 Å². The summed E-state index contributed by atoms with van der Waals surface area (Å²) in [4.78, 5) is 28.4.